The molecule has 0 aromatic heterocycles. The Labute approximate surface area is 468 Å². The van der Waals surface area contributed by atoms with Crippen molar-refractivity contribution in [3.63, 3.8) is 0 Å². The minimum atomic E-state index is -2.65. The van der Waals surface area contributed by atoms with E-state index in [-0.39, 0.29) is 99.9 Å². The number of aliphatic hydroxyl groups is 2. The lowest BCUT2D eigenvalue weighted by atomic mass is 9.72. The summed E-state index contributed by atoms with van der Waals surface area (Å²) in [6.45, 7) is 11.8. The molecular formula is C52H77N13O16. The molecular weight excluding hydrogens is 1060 g/mol. The molecule has 2 atom stereocenters. The zero-order valence-electron chi connectivity index (χ0n) is 46.7. The number of rotatable bonds is 34. The van der Waals surface area contributed by atoms with Crippen LogP contribution in [0.25, 0.3) is 0 Å². The summed E-state index contributed by atoms with van der Waals surface area (Å²) < 4.78 is 21.7. The number of ether oxygens (including phenoxy) is 4. The summed E-state index contributed by atoms with van der Waals surface area (Å²) in [5, 5.41) is 33.2. The van der Waals surface area contributed by atoms with Gasteiger partial charge in [0.05, 0.1) is 44.9 Å². The van der Waals surface area contributed by atoms with Crippen LogP contribution in [0, 0.1) is 5.41 Å². The van der Waals surface area contributed by atoms with Crippen LogP contribution in [0.5, 0.6) is 0 Å². The summed E-state index contributed by atoms with van der Waals surface area (Å²) in [7, 11) is 0. The van der Waals surface area contributed by atoms with Crippen LogP contribution in [-0.2, 0) is 93.3 Å². The number of carbonyl (C=O) groups excluding carboxylic acids is 10. The smallest absolute Gasteiger partial charge is 0.306 e. The zero-order chi connectivity index (χ0) is 61.0. The lowest BCUT2D eigenvalue weighted by molar-refractivity contribution is -0.149. The van der Waals surface area contributed by atoms with Gasteiger partial charge in [-0.25, -0.2) is 33.8 Å². The highest BCUT2D eigenvalue weighted by Crippen LogP contribution is 2.33. The predicted octanol–water partition coefficient (Wildman–Crippen LogP) is -0.0875. The summed E-state index contributed by atoms with van der Waals surface area (Å²) >= 11 is 0. The molecule has 0 aliphatic heterocycles. The number of hydrazine groups is 3. The molecule has 0 spiro atoms. The van der Waals surface area contributed by atoms with Gasteiger partial charge in [-0.1, -0.05) is 62.4 Å². The molecule has 2 unspecified atom stereocenters. The number of esters is 4. The molecule has 446 valence electrons. The maximum atomic E-state index is 12.8. The van der Waals surface area contributed by atoms with Crippen LogP contribution in [0.15, 0.2) is 63.8 Å². The van der Waals surface area contributed by atoms with E-state index in [0.717, 1.165) is 0 Å². The number of nitrogens with two attached hydrogens (primary N) is 4. The number of carbonyl (C=O) groups is 10. The van der Waals surface area contributed by atoms with Crippen molar-refractivity contribution in [3.8, 4) is 0 Å². The van der Waals surface area contributed by atoms with Gasteiger partial charge in [0.1, 0.15) is 26.4 Å². The molecule has 2 aromatic rings. The van der Waals surface area contributed by atoms with Crippen molar-refractivity contribution in [1.82, 2.24) is 32.6 Å². The third-order valence-electron chi connectivity index (χ3n) is 12.8. The van der Waals surface area contributed by atoms with Crippen LogP contribution >= 0.6 is 0 Å². The van der Waals surface area contributed by atoms with Crippen molar-refractivity contribution < 1.29 is 77.1 Å². The van der Waals surface area contributed by atoms with Gasteiger partial charge in [0.25, 0.3) is 11.8 Å². The largest absolute Gasteiger partial charge is 0.461 e. The number of amides is 6. The van der Waals surface area contributed by atoms with Crippen molar-refractivity contribution >= 4 is 76.5 Å². The van der Waals surface area contributed by atoms with Gasteiger partial charge in [0, 0.05) is 29.1 Å². The molecule has 29 nitrogen and oxygen atoms in total. The average molecular weight is 1140 g/mol. The second kappa shape index (κ2) is 33.5. The van der Waals surface area contributed by atoms with Crippen molar-refractivity contribution in [3.05, 3.63) is 70.8 Å². The fourth-order valence-corrected chi connectivity index (χ4v) is 6.77. The molecule has 81 heavy (non-hydrogen) atoms. The van der Waals surface area contributed by atoms with Gasteiger partial charge in [-0.2, -0.15) is 15.3 Å². The first kappa shape index (κ1) is 69.0. The summed E-state index contributed by atoms with van der Waals surface area (Å²) in [6.07, 6.45) is -3.32. The monoisotopic (exact) mass is 1140 g/mol. The lowest BCUT2D eigenvalue weighted by Gasteiger charge is -2.38. The number of hydrogen-bond acceptors (Lipinski definition) is 23. The molecule has 0 heterocycles. The van der Waals surface area contributed by atoms with Crippen LogP contribution < -0.4 is 55.8 Å². The van der Waals surface area contributed by atoms with Crippen LogP contribution in [0.4, 0.5) is 0 Å². The molecule has 29 heteroatoms. The highest BCUT2D eigenvalue weighted by molar-refractivity contribution is 5.97. The molecule has 6 amide bonds. The van der Waals surface area contributed by atoms with E-state index in [1.54, 1.807) is 64.8 Å². The summed E-state index contributed by atoms with van der Waals surface area (Å²) in [6, 6.07) is 13.7. The van der Waals surface area contributed by atoms with Gasteiger partial charge in [-0.3, -0.25) is 64.2 Å². The average Bonchev–Trinajstić information content (AvgIpc) is 3.42. The molecule has 0 saturated heterocycles. The SMILES string of the molecule is C/C(CCC(=O)OCc1ccccc1COC(=O)CC/C(C)=N/NC(=O)CC(O)(CC(=O)N/N=C(\C)CCC(=O)OCc1ccccc1COC(=O)CCC(C)(C)C(C)(C)N)C(=O)NN)=N\NC(=O)CC(O)(CC(=O)NN)C(=O)NN. The van der Waals surface area contributed by atoms with Crippen molar-refractivity contribution in [2.45, 2.75) is 169 Å². The zero-order valence-corrected chi connectivity index (χ0v) is 46.7. The highest BCUT2D eigenvalue weighted by atomic mass is 16.5. The normalized spacial score (nSPS) is 13.5. The number of nitrogens with one attached hydrogen (secondary N) is 6. The van der Waals surface area contributed by atoms with Gasteiger partial charge in [0.15, 0.2) is 11.2 Å². The van der Waals surface area contributed by atoms with E-state index in [2.05, 4.69) is 31.6 Å². The lowest BCUT2D eigenvalue weighted by Crippen LogP contribution is -2.54. The summed E-state index contributed by atoms with van der Waals surface area (Å²) in [5.41, 5.74) is 15.0. The van der Waals surface area contributed by atoms with E-state index in [0.29, 0.717) is 28.7 Å². The minimum Gasteiger partial charge on any atom is -0.461 e. The van der Waals surface area contributed by atoms with Crippen LogP contribution in [0.3, 0.4) is 0 Å². The Morgan fingerprint density at radius 3 is 0.975 bits per heavy atom. The molecule has 2 rings (SSSR count). The van der Waals surface area contributed by atoms with Crippen LogP contribution in [0.1, 0.15) is 148 Å². The molecule has 0 aliphatic carbocycles. The van der Waals surface area contributed by atoms with Crippen molar-refractivity contribution in [1.29, 1.82) is 0 Å². The van der Waals surface area contributed by atoms with Gasteiger partial charge in [-0.15, -0.1) is 0 Å². The van der Waals surface area contributed by atoms with E-state index in [4.69, 9.17) is 42.2 Å². The van der Waals surface area contributed by atoms with Gasteiger partial charge >= 0.3 is 23.9 Å². The van der Waals surface area contributed by atoms with E-state index in [9.17, 15) is 58.2 Å². The fraction of sp³-hybridized carbons (Fsp3) is 0.519. The van der Waals surface area contributed by atoms with Gasteiger partial charge < -0.3 is 34.9 Å². The Kier molecular flexibility index (Phi) is 28.5. The molecule has 0 bridgehead atoms. The van der Waals surface area contributed by atoms with Crippen molar-refractivity contribution in [2.24, 2.45) is 44.0 Å². The Morgan fingerprint density at radius 1 is 0.444 bits per heavy atom. The van der Waals surface area contributed by atoms with Gasteiger partial charge in [-0.05, 0) is 88.0 Å². The molecule has 16 N–H and O–H groups in total. The van der Waals surface area contributed by atoms with E-state index in [1.165, 1.54) is 20.8 Å². The maximum Gasteiger partial charge on any atom is 0.306 e. The minimum absolute atomic E-state index is 0.0119. The number of benzene rings is 2. The second-order valence-electron chi connectivity index (χ2n) is 20.2. The van der Waals surface area contributed by atoms with E-state index >= 15 is 0 Å². The number of nitrogens with zero attached hydrogens (tertiary/aromatic N) is 3. The fourth-order valence-electron chi connectivity index (χ4n) is 6.77. The van der Waals surface area contributed by atoms with Crippen LogP contribution in [-0.4, -0.2) is 103 Å². The molecule has 0 fully saturated rings. The first-order valence-corrected chi connectivity index (χ1v) is 25.4. The van der Waals surface area contributed by atoms with E-state index < -0.39 is 95.8 Å². The first-order chi connectivity index (χ1) is 38.0. The predicted molar refractivity (Wildman–Crippen MR) is 290 cm³/mol. The van der Waals surface area contributed by atoms with Crippen molar-refractivity contribution in [2.75, 3.05) is 0 Å². The van der Waals surface area contributed by atoms with Crippen LogP contribution in [0.2, 0.25) is 0 Å². The standard InChI is InChI=1S/C52H77N13O16/c1-32(60-63-40(67)25-51(76,47(74)58-55)24-39(66)57-54)16-19-43(70)78-28-35-12-8-9-13-36(35)29-79-44(71)20-17-33(2)61-64-41(68)26-52(77,48(75)59-56)27-42(69)65-62-34(3)18-21-45(72)80-30-37-14-10-11-15-38(37)31-81-46(73)22-23-49(4,5)50(6,7)53/h8-15,76-77H,16-31,53-56H2,1-7H3,(H,57,66)(H,58,74)(H,59,75)(H,63,67)(H,64,68)(H,65,69)/b60-32+,61-33+,62-34+. The maximum absolute atomic E-state index is 12.8. The van der Waals surface area contributed by atoms with Gasteiger partial charge in [0.2, 0.25) is 23.6 Å². The Morgan fingerprint density at radius 2 is 0.716 bits per heavy atom. The first-order valence-electron chi connectivity index (χ1n) is 25.4. The topological polar surface area (TPSA) is 461 Å². The third kappa shape index (κ3) is 25.7. The molecule has 0 radical (unpaired) electrons. The Hall–Kier alpha value is -8.09. The molecule has 0 aliphatic rings. The second-order valence-corrected chi connectivity index (χ2v) is 20.2. The summed E-state index contributed by atoms with van der Waals surface area (Å²) in [4.78, 5) is 125. The quantitative estimate of drug-likeness (QED) is 0.0109. The molecule has 2 aromatic carbocycles. The Bertz CT molecular complexity index is 2650. The number of hydrogen-bond donors (Lipinski definition) is 12. The summed E-state index contributed by atoms with van der Waals surface area (Å²) in [5.74, 6) is 6.72. The van der Waals surface area contributed by atoms with E-state index in [1.807, 2.05) is 27.7 Å². The Balaban J connectivity index is 1.81. The highest BCUT2D eigenvalue weighted by Gasteiger charge is 2.41. The molecule has 0 saturated carbocycles. The number of hydrazone groups is 3. The third-order valence-corrected chi connectivity index (χ3v) is 12.8.